The zero-order valence-corrected chi connectivity index (χ0v) is 12.7. The Morgan fingerprint density at radius 3 is 2.50 bits per heavy atom. The molecule has 1 aliphatic rings. The van der Waals surface area contributed by atoms with E-state index in [-0.39, 0.29) is 0 Å². The first-order valence-electron chi connectivity index (χ1n) is 8.14. The molecule has 108 valence electrons. The van der Waals surface area contributed by atoms with Crippen molar-refractivity contribution >= 4 is 0 Å². The normalized spacial score (nSPS) is 25.5. The van der Waals surface area contributed by atoms with Crippen molar-refractivity contribution in [2.45, 2.75) is 84.3 Å². The van der Waals surface area contributed by atoms with Gasteiger partial charge in [0, 0.05) is 12.6 Å². The molecule has 0 aromatic rings. The molecule has 0 aromatic carbocycles. The quantitative estimate of drug-likeness (QED) is 0.592. The summed E-state index contributed by atoms with van der Waals surface area (Å²) in [6, 6.07) is 0.587. The summed E-state index contributed by atoms with van der Waals surface area (Å²) < 4.78 is 5.94. The lowest BCUT2D eigenvalue weighted by atomic mass is 9.93. The Balaban J connectivity index is 2.26. The molecular formula is C16H33NO. The fraction of sp³-hybridized carbons (Fsp3) is 1.00. The van der Waals surface area contributed by atoms with Crippen LogP contribution in [0.2, 0.25) is 0 Å². The van der Waals surface area contributed by atoms with Crippen molar-refractivity contribution in [2.75, 3.05) is 13.2 Å². The fourth-order valence-electron chi connectivity index (χ4n) is 2.91. The summed E-state index contributed by atoms with van der Waals surface area (Å²) in [5.74, 6) is 0.731. The molecule has 1 saturated heterocycles. The average molecular weight is 255 g/mol. The van der Waals surface area contributed by atoms with Crippen LogP contribution in [-0.2, 0) is 4.74 Å². The Morgan fingerprint density at radius 1 is 1.11 bits per heavy atom. The van der Waals surface area contributed by atoms with Crippen LogP contribution in [0.5, 0.6) is 0 Å². The van der Waals surface area contributed by atoms with Gasteiger partial charge in [0.05, 0.1) is 6.10 Å². The zero-order valence-electron chi connectivity index (χ0n) is 12.7. The smallest absolute Gasteiger partial charge is 0.0754 e. The molecule has 1 fully saturated rings. The Bertz CT molecular complexity index is 196. The highest BCUT2D eigenvalue weighted by atomic mass is 16.5. The third-order valence-electron chi connectivity index (χ3n) is 4.12. The minimum absolute atomic E-state index is 0.461. The van der Waals surface area contributed by atoms with Crippen LogP contribution >= 0.6 is 0 Å². The maximum Gasteiger partial charge on any atom is 0.0754 e. The number of hydrogen-bond acceptors (Lipinski definition) is 2. The standard InChI is InChI=1S/C16H33NO/c1-4-6-7-8-9-10-15(17-12-5-2)16-14(3)11-13-18-16/h14-17H,4-13H2,1-3H3. The molecule has 1 rings (SSSR count). The van der Waals surface area contributed by atoms with E-state index >= 15 is 0 Å². The number of ether oxygens (including phenoxy) is 1. The summed E-state index contributed by atoms with van der Waals surface area (Å²) in [4.78, 5) is 0. The third kappa shape index (κ3) is 5.71. The number of rotatable bonds is 10. The lowest BCUT2D eigenvalue weighted by molar-refractivity contribution is 0.0574. The molecule has 2 heteroatoms. The summed E-state index contributed by atoms with van der Waals surface area (Å²) in [6.07, 6.45) is 11.1. The van der Waals surface area contributed by atoms with Gasteiger partial charge in [0.15, 0.2) is 0 Å². The maximum absolute atomic E-state index is 5.94. The van der Waals surface area contributed by atoms with Crippen LogP contribution in [0.3, 0.4) is 0 Å². The van der Waals surface area contributed by atoms with Crippen LogP contribution in [0, 0.1) is 5.92 Å². The van der Waals surface area contributed by atoms with Crippen molar-refractivity contribution in [1.29, 1.82) is 0 Å². The van der Waals surface area contributed by atoms with Crippen molar-refractivity contribution in [3.63, 3.8) is 0 Å². The molecule has 18 heavy (non-hydrogen) atoms. The summed E-state index contributed by atoms with van der Waals surface area (Å²) in [5, 5.41) is 3.71. The highest BCUT2D eigenvalue weighted by Crippen LogP contribution is 2.25. The maximum atomic E-state index is 5.94. The molecule has 3 unspecified atom stereocenters. The number of hydrogen-bond donors (Lipinski definition) is 1. The molecule has 1 N–H and O–H groups in total. The third-order valence-corrected chi connectivity index (χ3v) is 4.12. The molecule has 0 aromatic heterocycles. The van der Waals surface area contributed by atoms with Gasteiger partial charge < -0.3 is 10.1 Å². The highest BCUT2D eigenvalue weighted by molar-refractivity contribution is 4.84. The highest BCUT2D eigenvalue weighted by Gasteiger charge is 2.31. The Morgan fingerprint density at radius 2 is 1.89 bits per heavy atom. The van der Waals surface area contributed by atoms with E-state index in [0.29, 0.717) is 12.1 Å². The fourth-order valence-corrected chi connectivity index (χ4v) is 2.91. The van der Waals surface area contributed by atoms with Crippen molar-refractivity contribution in [3.05, 3.63) is 0 Å². The Labute approximate surface area is 114 Å². The predicted octanol–water partition coefficient (Wildman–Crippen LogP) is 4.14. The minimum Gasteiger partial charge on any atom is -0.376 e. The summed E-state index contributed by atoms with van der Waals surface area (Å²) in [7, 11) is 0. The average Bonchev–Trinajstić information content (AvgIpc) is 2.79. The largest absolute Gasteiger partial charge is 0.376 e. The van der Waals surface area contributed by atoms with Gasteiger partial charge in [0.1, 0.15) is 0 Å². The van der Waals surface area contributed by atoms with Gasteiger partial charge in [0.25, 0.3) is 0 Å². The van der Waals surface area contributed by atoms with Gasteiger partial charge in [-0.3, -0.25) is 0 Å². The molecule has 1 aliphatic heterocycles. The van der Waals surface area contributed by atoms with E-state index in [1.165, 1.54) is 51.4 Å². The number of unbranched alkanes of at least 4 members (excludes halogenated alkanes) is 4. The van der Waals surface area contributed by atoms with Gasteiger partial charge in [-0.05, 0) is 31.7 Å². The van der Waals surface area contributed by atoms with Gasteiger partial charge in [-0.15, -0.1) is 0 Å². The first-order valence-corrected chi connectivity index (χ1v) is 8.14. The second-order valence-electron chi connectivity index (χ2n) is 5.86. The van der Waals surface area contributed by atoms with Gasteiger partial charge >= 0.3 is 0 Å². The lowest BCUT2D eigenvalue weighted by Gasteiger charge is -2.27. The molecule has 3 atom stereocenters. The molecular weight excluding hydrogens is 222 g/mol. The van der Waals surface area contributed by atoms with Gasteiger partial charge in [-0.25, -0.2) is 0 Å². The molecule has 0 aliphatic carbocycles. The van der Waals surface area contributed by atoms with Gasteiger partial charge in [-0.2, -0.15) is 0 Å². The molecule has 0 amide bonds. The van der Waals surface area contributed by atoms with Crippen LogP contribution in [0.1, 0.15) is 72.1 Å². The van der Waals surface area contributed by atoms with Crippen molar-refractivity contribution < 1.29 is 4.74 Å². The minimum atomic E-state index is 0.461. The summed E-state index contributed by atoms with van der Waals surface area (Å²) in [5.41, 5.74) is 0. The van der Waals surface area contributed by atoms with Crippen molar-refractivity contribution in [3.8, 4) is 0 Å². The molecule has 2 nitrogen and oxygen atoms in total. The Kier molecular flexibility index (Phi) is 8.70. The summed E-state index contributed by atoms with van der Waals surface area (Å²) >= 11 is 0. The molecule has 0 spiro atoms. The Hall–Kier alpha value is -0.0800. The van der Waals surface area contributed by atoms with E-state index in [1.807, 2.05) is 0 Å². The van der Waals surface area contributed by atoms with Crippen LogP contribution in [-0.4, -0.2) is 25.3 Å². The van der Waals surface area contributed by atoms with E-state index in [0.717, 1.165) is 19.1 Å². The van der Waals surface area contributed by atoms with E-state index in [9.17, 15) is 0 Å². The lowest BCUT2D eigenvalue weighted by Crippen LogP contribution is -2.42. The second kappa shape index (κ2) is 9.80. The summed E-state index contributed by atoms with van der Waals surface area (Å²) in [6.45, 7) is 8.96. The van der Waals surface area contributed by atoms with Gasteiger partial charge in [0.2, 0.25) is 0 Å². The van der Waals surface area contributed by atoms with Crippen LogP contribution in [0.25, 0.3) is 0 Å². The zero-order chi connectivity index (χ0) is 13.2. The molecule has 0 bridgehead atoms. The van der Waals surface area contributed by atoms with Crippen LogP contribution in [0.15, 0.2) is 0 Å². The topological polar surface area (TPSA) is 21.3 Å². The molecule has 1 heterocycles. The first-order chi connectivity index (χ1) is 8.79. The van der Waals surface area contributed by atoms with Gasteiger partial charge in [-0.1, -0.05) is 52.9 Å². The van der Waals surface area contributed by atoms with Crippen LogP contribution < -0.4 is 5.32 Å². The molecule has 0 saturated carbocycles. The van der Waals surface area contributed by atoms with E-state index < -0.39 is 0 Å². The SMILES string of the molecule is CCCCCCCC(NCCC)C1OCCC1C. The molecule has 0 radical (unpaired) electrons. The van der Waals surface area contributed by atoms with Crippen molar-refractivity contribution in [1.82, 2.24) is 5.32 Å². The van der Waals surface area contributed by atoms with Crippen molar-refractivity contribution in [2.24, 2.45) is 5.92 Å². The first kappa shape index (κ1) is 16.0. The van der Waals surface area contributed by atoms with E-state index in [2.05, 4.69) is 26.1 Å². The van der Waals surface area contributed by atoms with E-state index in [4.69, 9.17) is 4.74 Å². The van der Waals surface area contributed by atoms with E-state index in [1.54, 1.807) is 0 Å². The monoisotopic (exact) mass is 255 g/mol. The predicted molar refractivity (Wildman–Crippen MR) is 79.0 cm³/mol. The second-order valence-corrected chi connectivity index (χ2v) is 5.86. The number of nitrogens with one attached hydrogen (secondary N) is 1. The van der Waals surface area contributed by atoms with Crippen LogP contribution in [0.4, 0.5) is 0 Å².